The van der Waals surface area contributed by atoms with Crippen LogP contribution in [0.5, 0.6) is 0 Å². The van der Waals surface area contributed by atoms with Gasteiger partial charge in [-0.1, -0.05) is 13.8 Å². The number of likely N-dealkylation sites (N-methyl/N-ethyl adjacent to an activating group) is 2. The minimum absolute atomic E-state index is 0.0277. The largest absolute Gasteiger partial charge is 0.323 e. The first kappa shape index (κ1) is 13.7. The summed E-state index contributed by atoms with van der Waals surface area (Å²) in [6.07, 6.45) is 0. The van der Waals surface area contributed by atoms with Crippen LogP contribution in [0.15, 0.2) is 0 Å². The molecule has 1 saturated heterocycles. The van der Waals surface area contributed by atoms with Gasteiger partial charge in [0.15, 0.2) is 10.7 Å². The van der Waals surface area contributed by atoms with Gasteiger partial charge in [0, 0.05) is 14.1 Å². The van der Waals surface area contributed by atoms with E-state index in [0.717, 1.165) is 11.5 Å². The van der Waals surface area contributed by atoms with E-state index in [1.807, 2.05) is 13.8 Å². The summed E-state index contributed by atoms with van der Waals surface area (Å²) in [4.78, 5) is 27.3. The Bertz CT molecular complexity index is 258. The molecular formula is C10H18N2O2S2. The first-order valence-electron chi connectivity index (χ1n) is 5.31. The Kier molecular flexibility index (Phi) is 4.98. The highest BCUT2D eigenvalue weighted by Crippen LogP contribution is 2.28. The molecule has 0 bridgehead atoms. The molecule has 6 heteroatoms. The van der Waals surface area contributed by atoms with E-state index < -0.39 is 0 Å². The number of thioether (sulfide) groups is 2. The van der Waals surface area contributed by atoms with Crippen molar-refractivity contribution in [2.75, 3.05) is 25.6 Å². The molecule has 1 rings (SSSR count). The molecule has 92 valence electrons. The van der Waals surface area contributed by atoms with Gasteiger partial charge in [0.25, 0.3) is 11.8 Å². The lowest BCUT2D eigenvalue weighted by Gasteiger charge is -2.40. The zero-order chi connectivity index (χ0) is 12.3. The Hall–Kier alpha value is -0.360. The highest BCUT2D eigenvalue weighted by atomic mass is 32.2. The maximum Gasteiger partial charge on any atom is 0.256 e. The topological polar surface area (TPSA) is 40.6 Å². The number of rotatable bonds is 4. The maximum absolute atomic E-state index is 12.1. The van der Waals surface area contributed by atoms with Gasteiger partial charge < -0.3 is 9.80 Å². The summed E-state index contributed by atoms with van der Waals surface area (Å²) < 4.78 is 0. The third kappa shape index (κ3) is 2.48. The van der Waals surface area contributed by atoms with Crippen molar-refractivity contribution in [2.24, 2.45) is 0 Å². The van der Waals surface area contributed by atoms with Crippen molar-refractivity contribution >= 4 is 35.3 Å². The predicted octanol–water partition coefficient (Wildman–Crippen LogP) is 1.08. The van der Waals surface area contributed by atoms with Crippen LogP contribution in [-0.4, -0.2) is 58.0 Å². The zero-order valence-electron chi connectivity index (χ0n) is 10.1. The van der Waals surface area contributed by atoms with Crippen LogP contribution in [0.1, 0.15) is 13.8 Å². The number of carbonyl (C=O) groups is 2. The summed E-state index contributed by atoms with van der Waals surface area (Å²) in [5.74, 6) is 1.71. The quantitative estimate of drug-likeness (QED) is 0.760. The van der Waals surface area contributed by atoms with Crippen molar-refractivity contribution in [3.63, 3.8) is 0 Å². The third-order valence-corrected chi connectivity index (χ3v) is 4.80. The number of hydrogen-bond donors (Lipinski definition) is 0. The minimum Gasteiger partial charge on any atom is -0.323 e. The molecule has 2 atom stereocenters. The lowest BCUT2D eigenvalue weighted by atomic mass is 10.3. The SMILES string of the molecule is CCSC1C(=O)N(C)C(SCC)C(=O)N1C. The fourth-order valence-electron chi connectivity index (χ4n) is 1.59. The average Bonchev–Trinajstić information content (AvgIpc) is 2.28. The van der Waals surface area contributed by atoms with Gasteiger partial charge in [-0.05, 0) is 11.5 Å². The van der Waals surface area contributed by atoms with Crippen molar-refractivity contribution in [3.05, 3.63) is 0 Å². The van der Waals surface area contributed by atoms with E-state index in [1.54, 1.807) is 23.9 Å². The first-order chi connectivity index (χ1) is 7.54. The Morgan fingerprint density at radius 2 is 1.25 bits per heavy atom. The summed E-state index contributed by atoms with van der Waals surface area (Å²) in [6, 6.07) is 0. The number of nitrogens with zero attached hydrogens (tertiary/aromatic N) is 2. The molecule has 0 aromatic carbocycles. The molecule has 0 N–H and O–H groups in total. The van der Waals surface area contributed by atoms with Gasteiger partial charge in [-0.15, -0.1) is 23.5 Å². The number of hydrogen-bond acceptors (Lipinski definition) is 4. The van der Waals surface area contributed by atoms with Gasteiger partial charge >= 0.3 is 0 Å². The second kappa shape index (κ2) is 5.82. The molecule has 0 aromatic rings. The zero-order valence-corrected chi connectivity index (χ0v) is 11.7. The molecule has 4 nitrogen and oxygen atoms in total. The number of piperazine rings is 1. The van der Waals surface area contributed by atoms with Gasteiger partial charge in [-0.2, -0.15) is 0 Å². The molecule has 0 saturated carbocycles. The van der Waals surface area contributed by atoms with E-state index in [9.17, 15) is 9.59 Å². The Balaban J connectivity index is 2.86. The van der Waals surface area contributed by atoms with Crippen LogP contribution in [0.2, 0.25) is 0 Å². The molecule has 1 heterocycles. The smallest absolute Gasteiger partial charge is 0.256 e. The monoisotopic (exact) mass is 262 g/mol. The van der Waals surface area contributed by atoms with Gasteiger partial charge in [-0.25, -0.2) is 0 Å². The molecule has 16 heavy (non-hydrogen) atoms. The van der Waals surface area contributed by atoms with E-state index in [0.29, 0.717) is 0 Å². The first-order valence-corrected chi connectivity index (χ1v) is 7.40. The summed E-state index contributed by atoms with van der Waals surface area (Å²) in [5, 5.41) is -0.701. The Labute approximate surface area is 105 Å². The molecule has 0 spiro atoms. The molecule has 0 aromatic heterocycles. The van der Waals surface area contributed by atoms with Crippen molar-refractivity contribution in [1.82, 2.24) is 9.80 Å². The molecule has 0 radical (unpaired) electrons. The second-order valence-electron chi connectivity index (χ2n) is 3.51. The summed E-state index contributed by atoms with van der Waals surface area (Å²) >= 11 is 3.00. The van der Waals surface area contributed by atoms with Crippen molar-refractivity contribution in [3.8, 4) is 0 Å². The standard InChI is InChI=1S/C10H18N2O2S2/c1-5-15-9-7(13)12(4)10(16-6-2)8(14)11(9)3/h9-10H,5-6H2,1-4H3. The molecule has 2 amide bonds. The molecule has 1 aliphatic heterocycles. The van der Waals surface area contributed by atoms with Crippen LogP contribution >= 0.6 is 23.5 Å². The normalized spacial score (nSPS) is 26.5. The minimum atomic E-state index is -0.351. The lowest BCUT2D eigenvalue weighted by Crippen LogP contribution is -2.60. The summed E-state index contributed by atoms with van der Waals surface area (Å²) in [6.45, 7) is 3.98. The van der Waals surface area contributed by atoms with E-state index in [2.05, 4.69) is 0 Å². The van der Waals surface area contributed by atoms with Crippen molar-refractivity contribution in [1.29, 1.82) is 0 Å². The van der Waals surface area contributed by atoms with Crippen molar-refractivity contribution < 1.29 is 9.59 Å². The van der Waals surface area contributed by atoms with Gasteiger partial charge in [0.05, 0.1) is 0 Å². The van der Waals surface area contributed by atoms with E-state index >= 15 is 0 Å². The van der Waals surface area contributed by atoms with Crippen LogP contribution < -0.4 is 0 Å². The molecule has 1 aliphatic rings. The highest BCUT2D eigenvalue weighted by molar-refractivity contribution is 8.01. The molecule has 2 unspecified atom stereocenters. The van der Waals surface area contributed by atoms with Crippen molar-refractivity contribution in [2.45, 2.75) is 24.6 Å². The Morgan fingerprint density at radius 1 is 0.938 bits per heavy atom. The van der Waals surface area contributed by atoms with Crippen LogP contribution in [0.4, 0.5) is 0 Å². The Morgan fingerprint density at radius 3 is 1.50 bits per heavy atom. The molecular weight excluding hydrogens is 244 g/mol. The van der Waals surface area contributed by atoms with Crippen LogP contribution in [0.3, 0.4) is 0 Å². The van der Waals surface area contributed by atoms with Crippen LogP contribution in [0, 0.1) is 0 Å². The average molecular weight is 262 g/mol. The van der Waals surface area contributed by atoms with Crippen LogP contribution in [-0.2, 0) is 9.59 Å². The maximum atomic E-state index is 12.1. The van der Waals surface area contributed by atoms with Gasteiger partial charge in [0.1, 0.15) is 0 Å². The lowest BCUT2D eigenvalue weighted by molar-refractivity contribution is -0.150. The van der Waals surface area contributed by atoms with E-state index in [1.165, 1.54) is 23.5 Å². The van der Waals surface area contributed by atoms with Gasteiger partial charge in [0.2, 0.25) is 0 Å². The number of amides is 2. The highest BCUT2D eigenvalue weighted by Gasteiger charge is 2.42. The summed E-state index contributed by atoms with van der Waals surface area (Å²) in [5.41, 5.74) is 0. The van der Waals surface area contributed by atoms with E-state index in [-0.39, 0.29) is 22.6 Å². The van der Waals surface area contributed by atoms with E-state index in [4.69, 9.17) is 0 Å². The third-order valence-electron chi connectivity index (χ3n) is 2.47. The second-order valence-corrected chi connectivity index (χ2v) is 6.23. The fraction of sp³-hybridized carbons (Fsp3) is 0.800. The van der Waals surface area contributed by atoms with Crippen LogP contribution in [0.25, 0.3) is 0 Å². The fourth-order valence-corrected chi connectivity index (χ4v) is 3.50. The van der Waals surface area contributed by atoms with Gasteiger partial charge in [-0.3, -0.25) is 9.59 Å². The molecule has 0 aliphatic carbocycles. The molecule has 1 fully saturated rings. The summed E-state index contributed by atoms with van der Waals surface area (Å²) in [7, 11) is 3.42. The number of carbonyl (C=O) groups excluding carboxylic acids is 2. The predicted molar refractivity (Wildman–Crippen MR) is 69.4 cm³/mol.